The van der Waals surface area contributed by atoms with Crippen molar-refractivity contribution in [2.24, 2.45) is 0 Å². The Bertz CT molecular complexity index is 861. The van der Waals surface area contributed by atoms with Gasteiger partial charge in [-0.3, -0.25) is 9.21 Å². The fourth-order valence-corrected chi connectivity index (χ4v) is 2.70. The van der Waals surface area contributed by atoms with Crippen molar-refractivity contribution in [1.82, 2.24) is 9.58 Å². The van der Waals surface area contributed by atoms with E-state index in [2.05, 4.69) is 10.5 Å². The summed E-state index contributed by atoms with van der Waals surface area (Å²) in [7, 11) is 0. The lowest BCUT2D eigenvalue weighted by molar-refractivity contribution is -0.114. The van der Waals surface area contributed by atoms with Crippen molar-refractivity contribution in [3.63, 3.8) is 0 Å². The molecule has 1 N–H and O–H groups in total. The second-order valence-electron chi connectivity index (χ2n) is 5.12. The van der Waals surface area contributed by atoms with Gasteiger partial charge >= 0.3 is 0 Å². The maximum atomic E-state index is 11.6. The van der Waals surface area contributed by atoms with Gasteiger partial charge in [0.15, 0.2) is 10.6 Å². The van der Waals surface area contributed by atoms with Gasteiger partial charge in [0, 0.05) is 45.9 Å². The van der Waals surface area contributed by atoms with Crippen LogP contribution in [0.15, 0.2) is 52.2 Å². The van der Waals surface area contributed by atoms with Gasteiger partial charge in [-0.25, -0.2) is 0 Å². The van der Waals surface area contributed by atoms with Gasteiger partial charge in [-0.05, 0) is 18.2 Å². The molecule has 1 aromatic carbocycles. The highest BCUT2D eigenvalue weighted by Gasteiger charge is 2.18. The van der Waals surface area contributed by atoms with Crippen molar-refractivity contribution in [3.05, 3.63) is 53.3 Å². The lowest BCUT2D eigenvalue weighted by Gasteiger charge is -2.15. The lowest BCUT2D eigenvalue weighted by atomic mass is 10.1. The molecule has 0 saturated carbocycles. The number of nitrogens with one attached hydrogen (secondary N) is 1. The maximum absolute atomic E-state index is 11.6. The van der Waals surface area contributed by atoms with Gasteiger partial charge < -0.3 is 9.84 Å². The van der Waals surface area contributed by atoms with E-state index in [1.807, 2.05) is 6.07 Å². The number of carbonyl (C=O) groups is 1. The van der Waals surface area contributed by atoms with Crippen LogP contribution < -0.4 is 5.32 Å². The first kappa shape index (κ1) is 18.1. The number of halogens is 4. The Labute approximate surface area is 163 Å². The summed E-state index contributed by atoms with van der Waals surface area (Å²) in [5.41, 5.74) is 2.47. The van der Waals surface area contributed by atoms with E-state index in [1.165, 1.54) is 4.42 Å². The van der Waals surface area contributed by atoms with Gasteiger partial charge in [0.2, 0.25) is 0 Å². The maximum Gasteiger partial charge on any atom is 0.257 e. The standard InChI is InChI=1S/C16H11Cl4N3O2/c17-12-4-5-23(20)8-11(12)13-7-14(25-22-13)9-2-1-3-10(6-9)21-16(24)15(18)19/h1-4,6-8,15H,5H2,(H,21,24). The fourth-order valence-electron chi connectivity index (χ4n) is 2.21. The molecule has 1 amide bonds. The number of alkyl halides is 2. The summed E-state index contributed by atoms with van der Waals surface area (Å²) in [6.45, 7) is 0.512. The van der Waals surface area contributed by atoms with Crippen molar-refractivity contribution in [1.29, 1.82) is 0 Å². The molecule has 0 unspecified atom stereocenters. The summed E-state index contributed by atoms with van der Waals surface area (Å²) in [5, 5.41) is 7.19. The number of amides is 1. The van der Waals surface area contributed by atoms with Crippen molar-refractivity contribution < 1.29 is 9.32 Å². The van der Waals surface area contributed by atoms with E-state index in [0.717, 1.165) is 5.56 Å². The quantitative estimate of drug-likeness (QED) is 0.559. The molecule has 9 heteroatoms. The highest BCUT2D eigenvalue weighted by atomic mass is 35.5. The van der Waals surface area contributed by atoms with Crippen LogP contribution in [0.5, 0.6) is 0 Å². The Kier molecular flexibility index (Phi) is 5.59. The van der Waals surface area contributed by atoms with Crippen LogP contribution in [0.25, 0.3) is 16.9 Å². The Hall–Kier alpha value is -1.66. The molecule has 1 aliphatic heterocycles. The molecule has 0 aliphatic carbocycles. The number of allylic oxidation sites excluding steroid dienone is 2. The van der Waals surface area contributed by atoms with Crippen molar-refractivity contribution in [2.75, 3.05) is 11.9 Å². The predicted octanol–water partition coefficient (Wildman–Crippen LogP) is 5.02. The molecule has 3 rings (SSSR count). The number of hydrogen-bond acceptors (Lipinski definition) is 4. The number of nitrogens with zero attached hydrogens (tertiary/aromatic N) is 2. The average Bonchev–Trinajstić information content (AvgIpc) is 3.07. The van der Waals surface area contributed by atoms with E-state index in [1.54, 1.807) is 36.5 Å². The first-order valence-corrected chi connectivity index (χ1v) is 8.70. The summed E-state index contributed by atoms with van der Waals surface area (Å²) >= 11 is 23.3. The minimum absolute atomic E-state index is 0.509. The van der Waals surface area contributed by atoms with E-state index in [-0.39, 0.29) is 0 Å². The zero-order valence-electron chi connectivity index (χ0n) is 12.5. The van der Waals surface area contributed by atoms with Crippen molar-refractivity contribution in [2.45, 2.75) is 4.84 Å². The topological polar surface area (TPSA) is 58.4 Å². The molecule has 0 atom stereocenters. The van der Waals surface area contributed by atoms with Crippen LogP contribution in [-0.2, 0) is 4.79 Å². The molecule has 130 valence electrons. The molecule has 0 saturated heterocycles. The molecule has 0 radical (unpaired) electrons. The molecule has 2 heterocycles. The summed E-state index contributed by atoms with van der Waals surface area (Å²) in [6.07, 6.45) is 3.46. The summed E-state index contributed by atoms with van der Waals surface area (Å²) in [5.74, 6) is 0.00156. The van der Waals surface area contributed by atoms with Gasteiger partial charge in [-0.2, -0.15) is 0 Å². The third-order valence-electron chi connectivity index (χ3n) is 3.37. The van der Waals surface area contributed by atoms with Crippen molar-refractivity contribution in [3.8, 4) is 11.3 Å². The first-order valence-electron chi connectivity index (χ1n) is 7.11. The molecule has 0 fully saturated rings. The van der Waals surface area contributed by atoms with Crippen molar-refractivity contribution >= 4 is 63.7 Å². The van der Waals surface area contributed by atoms with E-state index in [9.17, 15) is 4.79 Å². The third kappa shape index (κ3) is 4.30. The first-order chi connectivity index (χ1) is 11.9. The number of carbonyl (C=O) groups excluding carboxylic acids is 1. The number of aromatic nitrogens is 1. The monoisotopic (exact) mass is 417 g/mol. The zero-order valence-corrected chi connectivity index (χ0v) is 15.6. The fraction of sp³-hybridized carbons (Fsp3) is 0.125. The van der Waals surface area contributed by atoms with Crippen LogP contribution in [0, 0.1) is 0 Å². The molecule has 0 spiro atoms. The second-order valence-corrected chi connectivity index (χ2v) is 7.06. The third-order valence-corrected chi connectivity index (χ3v) is 4.36. The Morgan fingerprint density at radius 2 is 2.12 bits per heavy atom. The van der Waals surface area contributed by atoms with Gasteiger partial charge in [-0.15, -0.1) is 0 Å². The molecule has 0 bridgehead atoms. The zero-order chi connectivity index (χ0) is 18.0. The van der Waals surface area contributed by atoms with Crippen LogP contribution in [0.3, 0.4) is 0 Å². The average molecular weight is 419 g/mol. The van der Waals surface area contributed by atoms with E-state index >= 15 is 0 Å². The highest BCUT2D eigenvalue weighted by molar-refractivity contribution is 6.54. The van der Waals surface area contributed by atoms with Crippen LogP contribution in [0.2, 0.25) is 0 Å². The largest absolute Gasteiger partial charge is 0.356 e. The Morgan fingerprint density at radius 3 is 2.88 bits per heavy atom. The summed E-state index contributed by atoms with van der Waals surface area (Å²) in [4.78, 5) is 10.4. The van der Waals surface area contributed by atoms with E-state index in [0.29, 0.717) is 34.3 Å². The SMILES string of the molecule is O=C(Nc1cccc(-c2cc(C3=CN(Cl)CC=C3Cl)no2)c1)C(Cl)Cl. The predicted molar refractivity (Wildman–Crippen MR) is 101 cm³/mol. The number of benzene rings is 1. The van der Waals surface area contributed by atoms with Crippen LogP contribution in [-0.4, -0.2) is 26.9 Å². The Morgan fingerprint density at radius 1 is 1.32 bits per heavy atom. The molecule has 1 aromatic heterocycles. The van der Waals surface area contributed by atoms with Crippen LogP contribution in [0.4, 0.5) is 5.69 Å². The molecular weight excluding hydrogens is 408 g/mol. The van der Waals surface area contributed by atoms with Crippen LogP contribution in [0.1, 0.15) is 5.69 Å². The van der Waals surface area contributed by atoms with Gasteiger partial charge in [0.1, 0.15) is 5.69 Å². The molecule has 25 heavy (non-hydrogen) atoms. The normalized spacial score (nSPS) is 14.4. The summed E-state index contributed by atoms with van der Waals surface area (Å²) in [6, 6.07) is 8.75. The number of anilines is 1. The van der Waals surface area contributed by atoms with Gasteiger partial charge in [-0.1, -0.05) is 52.1 Å². The second kappa shape index (κ2) is 7.70. The minimum atomic E-state index is -1.15. The molecule has 1 aliphatic rings. The highest BCUT2D eigenvalue weighted by Crippen LogP contribution is 2.32. The minimum Gasteiger partial charge on any atom is -0.356 e. The molecular formula is C16H11Cl4N3O2. The molecule has 5 nitrogen and oxygen atoms in total. The number of hydrogen-bond donors (Lipinski definition) is 1. The number of rotatable bonds is 4. The van der Waals surface area contributed by atoms with E-state index < -0.39 is 10.7 Å². The smallest absolute Gasteiger partial charge is 0.257 e. The van der Waals surface area contributed by atoms with E-state index in [4.69, 9.17) is 51.1 Å². The lowest BCUT2D eigenvalue weighted by Crippen LogP contribution is -2.18. The van der Waals surface area contributed by atoms with Gasteiger partial charge in [0.25, 0.3) is 5.91 Å². The summed E-state index contributed by atoms with van der Waals surface area (Å²) < 4.78 is 6.86. The van der Waals surface area contributed by atoms with Crippen LogP contribution >= 0.6 is 46.6 Å². The van der Waals surface area contributed by atoms with Gasteiger partial charge in [0.05, 0.1) is 6.54 Å². The molecule has 2 aromatic rings. The Balaban J connectivity index is 1.85.